The number of benzene rings is 1. The van der Waals surface area contributed by atoms with Gasteiger partial charge in [-0.3, -0.25) is 9.59 Å². The highest BCUT2D eigenvalue weighted by Gasteiger charge is 2.34. The molecule has 0 spiro atoms. The first-order valence-corrected chi connectivity index (χ1v) is 8.12. The van der Waals surface area contributed by atoms with Crippen molar-refractivity contribution in [1.82, 2.24) is 10.6 Å². The monoisotopic (exact) mass is 318 g/mol. The maximum absolute atomic E-state index is 12.3. The molecule has 2 atom stereocenters. The lowest BCUT2D eigenvalue weighted by atomic mass is 9.99. The third-order valence-corrected chi connectivity index (χ3v) is 4.29. The van der Waals surface area contributed by atoms with Crippen LogP contribution < -0.4 is 10.6 Å². The Hall–Kier alpha value is -1.88. The van der Waals surface area contributed by atoms with Crippen LogP contribution in [-0.4, -0.2) is 29.1 Å². The Bertz CT molecular complexity index is 583. The van der Waals surface area contributed by atoms with Crippen molar-refractivity contribution in [2.24, 2.45) is 5.92 Å². The molecular weight excluding hydrogens is 292 g/mol. The summed E-state index contributed by atoms with van der Waals surface area (Å²) in [5.41, 5.74) is 4.51. The maximum Gasteiger partial charge on any atom is 0.245 e. The molecule has 0 unspecified atom stereocenters. The van der Waals surface area contributed by atoms with Gasteiger partial charge in [0.2, 0.25) is 11.8 Å². The minimum Gasteiger partial charge on any atom is -0.391 e. The third-order valence-electron chi connectivity index (χ3n) is 4.29. The molecule has 0 bridgehead atoms. The van der Waals surface area contributed by atoms with Gasteiger partial charge in [0.05, 0.1) is 6.10 Å². The Morgan fingerprint density at radius 3 is 2.26 bits per heavy atom. The summed E-state index contributed by atoms with van der Waals surface area (Å²) >= 11 is 0. The van der Waals surface area contributed by atoms with Crippen molar-refractivity contribution in [3.05, 3.63) is 34.4 Å². The Morgan fingerprint density at radius 2 is 1.78 bits per heavy atom. The minimum atomic E-state index is -0.932. The number of aryl methyl sites for hydroxylation is 3. The number of carbonyl (C=O) groups is 2. The fourth-order valence-corrected chi connectivity index (χ4v) is 2.80. The number of aliphatic hydroxyl groups excluding tert-OH is 1. The molecule has 1 aromatic rings. The number of hydrogen-bond acceptors (Lipinski definition) is 3. The van der Waals surface area contributed by atoms with E-state index in [0.717, 1.165) is 29.5 Å². The molecule has 0 saturated heterocycles. The summed E-state index contributed by atoms with van der Waals surface area (Å²) in [6, 6.07) is 3.25. The molecule has 0 heterocycles. The highest BCUT2D eigenvalue weighted by Crippen LogP contribution is 2.29. The molecule has 2 rings (SSSR count). The lowest BCUT2D eigenvalue weighted by Gasteiger charge is -2.21. The van der Waals surface area contributed by atoms with Gasteiger partial charge in [0, 0.05) is 12.5 Å². The first-order chi connectivity index (χ1) is 10.8. The zero-order valence-electron chi connectivity index (χ0n) is 14.3. The van der Waals surface area contributed by atoms with E-state index in [-0.39, 0.29) is 17.7 Å². The number of aliphatic hydroxyl groups is 1. The number of hydrogen-bond donors (Lipinski definition) is 3. The van der Waals surface area contributed by atoms with Crippen molar-refractivity contribution in [1.29, 1.82) is 0 Å². The van der Waals surface area contributed by atoms with Gasteiger partial charge in [0.25, 0.3) is 0 Å². The van der Waals surface area contributed by atoms with Crippen LogP contribution in [-0.2, 0) is 16.1 Å². The van der Waals surface area contributed by atoms with E-state index < -0.39 is 12.1 Å². The molecule has 5 nitrogen and oxygen atoms in total. The Morgan fingerprint density at radius 1 is 1.22 bits per heavy atom. The quantitative estimate of drug-likeness (QED) is 0.744. The van der Waals surface area contributed by atoms with Crippen molar-refractivity contribution in [3.8, 4) is 0 Å². The predicted molar refractivity (Wildman–Crippen MR) is 88.8 cm³/mol. The van der Waals surface area contributed by atoms with E-state index in [2.05, 4.69) is 22.8 Å². The zero-order valence-corrected chi connectivity index (χ0v) is 14.3. The van der Waals surface area contributed by atoms with Gasteiger partial charge >= 0.3 is 0 Å². The van der Waals surface area contributed by atoms with Crippen LogP contribution in [0.25, 0.3) is 0 Å². The van der Waals surface area contributed by atoms with Gasteiger partial charge in [-0.1, -0.05) is 17.7 Å². The van der Waals surface area contributed by atoms with Crippen LogP contribution in [0, 0.1) is 26.7 Å². The molecule has 0 aromatic heterocycles. The maximum atomic E-state index is 12.3. The molecule has 2 amide bonds. The Balaban J connectivity index is 2.00. The van der Waals surface area contributed by atoms with Crippen LogP contribution >= 0.6 is 0 Å². The van der Waals surface area contributed by atoms with Gasteiger partial charge in [0.15, 0.2) is 0 Å². The average Bonchev–Trinajstić information content (AvgIpc) is 3.27. The molecule has 1 saturated carbocycles. The Labute approximate surface area is 137 Å². The van der Waals surface area contributed by atoms with Crippen LogP contribution in [0.2, 0.25) is 0 Å². The largest absolute Gasteiger partial charge is 0.391 e. The highest BCUT2D eigenvalue weighted by molar-refractivity contribution is 5.89. The summed E-state index contributed by atoms with van der Waals surface area (Å²) in [7, 11) is 0. The van der Waals surface area contributed by atoms with E-state index in [1.807, 2.05) is 20.8 Å². The molecular formula is C18H26N2O3. The fourth-order valence-electron chi connectivity index (χ4n) is 2.80. The van der Waals surface area contributed by atoms with Gasteiger partial charge in [-0.2, -0.15) is 0 Å². The standard InChI is InChI=1S/C18H26N2O3/c1-10-7-11(2)15(12(3)8-10)9-19-18(23)16(13(4)21)20-17(22)14-5-6-14/h7-8,13-14,16,21H,5-6,9H2,1-4H3,(H,19,23)(H,20,22)/t13-,16-/m1/s1. The van der Waals surface area contributed by atoms with Crippen LogP contribution in [0.3, 0.4) is 0 Å². The van der Waals surface area contributed by atoms with E-state index >= 15 is 0 Å². The number of rotatable bonds is 6. The van der Waals surface area contributed by atoms with Crippen molar-refractivity contribution in [3.63, 3.8) is 0 Å². The first-order valence-electron chi connectivity index (χ1n) is 8.12. The van der Waals surface area contributed by atoms with Crippen molar-refractivity contribution >= 4 is 11.8 Å². The van der Waals surface area contributed by atoms with E-state index in [1.165, 1.54) is 12.5 Å². The van der Waals surface area contributed by atoms with Crippen LogP contribution in [0.5, 0.6) is 0 Å². The van der Waals surface area contributed by atoms with Crippen LogP contribution in [0.1, 0.15) is 42.0 Å². The van der Waals surface area contributed by atoms with Crippen molar-refractivity contribution in [2.75, 3.05) is 0 Å². The van der Waals surface area contributed by atoms with Crippen molar-refractivity contribution in [2.45, 2.75) is 59.2 Å². The van der Waals surface area contributed by atoms with E-state index in [0.29, 0.717) is 6.54 Å². The van der Waals surface area contributed by atoms with Crippen LogP contribution in [0.15, 0.2) is 12.1 Å². The summed E-state index contributed by atoms with van der Waals surface area (Å²) in [6.07, 6.45) is 0.793. The molecule has 1 aliphatic carbocycles. The zero-order chi connectivity index (χ0) is 17.1. The topological polar surface area (TPSA) is 78.4 Å². The summed E-state index contributed by atoms with van der Waals surface area (Å²) in [5, 5.41) is 15.3. The molecule has 1 fully saturated rings. The molecule has 5 heteroatoms. The number of amides is 2. The molecule has 126 valence electrons. The van der Waals surface area contributed by atoms with Gasteiger partial charge in [-0.15, -0.1) is 0 Å². The Kier molecular flexibility index (Phi) is 5.42. The molecule has 0 radical (unpaired) electrons. The highest BCUT2D eigenvalue weighted by atomic mass is 16.3. The van der Waals surface area contributed by atoms with Gasteiger partial charge in [-0.05, 0) is 57.2 Å². The van der Waals surface area contributed by atoms with E-state index in [1.54, 1.807) is 0 Å². The molecule has 1 aliphatic rings. The number of nitrogens with one attached hydrogen (secondary N) is 2. The van der Waals surface area contributed by atoms with E-state index in [4.69, 9.17) is 0 Å². The third kappa shape index (κ3) is 4.55. The fraction of sp³-hybridized carbons (Fsp3) is 0.556. The average molecular weight is 318 g/mol. The summed E-state index contributed by atoms with van der Waals surface area (Å²) in [4.78, 5) is 24.2. The summed E-state index contributed by atoms with van der Waals surface area (Å²) < 4.78 is 0. The lowest BCUT2D eigenvalue weighted by Crippen LogP contribution is -2.52. The number of carbonyl (C=O) groups excluding carboxylic acids is 2. The minimum absolute atomic E-state index is 0.00522. The second kappa shape index (κ2) is 7.13. The SMILES string of the molecule is Cc1cc(C)c(CNC(=O)[C@H](NC(=O)C2CC2)[C@@H](C)O)c(C)c1. The summed E-state index contributed by atoms with van der Waals surface area (Å²) in [5.74, 6) is -0.493. The van der Waals surface area contributed by atoms with Crippen molar-refractivity contribution < 1.29 is 14.7 Å². The molecule has 0 aliphatic heterocycles. The molecule has 23 heavy (non-hydrogen) atoms. The van der Waals surface area contributed by atoms with Crippen LogP contribution in [0.4, 0.5) is 0 Å². The van der Waals surface area contributed by atoms with E-state index in [9.17, 15) is 14.7 Å². The second-order valence-corrected chi connectivity index (χ2v) is 6.60. The first kappa shape index (κ1) is 17.5. The van der Waals surface area contributed by atoms with Gasteiger partial charge in [-0.25, -0.2) is 0 Å². The normalized spacial score (nSPS) is 16.6. The lowest BCUT2D eigenvalue weighted by molar-refractivity contribution is -0.132. The molecule has 3 N–H and O–H groups in total. The molecule has 1 aromatic carbocycles. The second-order valence-electron chi connectivity index (χ2n) is 6.60. The smallest absolute Gasteiger partial charge is 0.245 e. The van der Waals surface area contributed by atoms with Gasteiger partial charge < -0.3 is 15.7 Å². The van der Waals surface area contributed by atoms with Gasteiger partial charge in [0.1, 0.15) is 6.04 Å². The summed E-state index contributed by atoms with van der Waals surface area (Å²) in [6.45, 7) is 7.98. The predicted octanol–water partition coefficient (Wildman–Crippen LogP) is 1.50.